The van der Waals surface area contributed by atoms with Crippen molar-refractivity contribution in [2.24, 2.45) is 0 Å². The van der Waals surface area contributed by atoms with E-state index in [2.05, 4.69) is 9.97 Å². The first kappa shape index (κ1) is 22.5. The molecule has 1 N–H and O–H groups in total. The first-order chi connectivity index (χ1) is 17.1. The Morgan fingerprint density at radius 2 is 1.63 bits per heavy atom. The van der Waals surface area contributed by atoms with E-state index in [0.29, 0.717) is 23.8 Å². The smallest absolute Gasteiger partial charge is 0.178 e. The van der Waals surface area contributed by atoms with Gasteiger partial charge in [0.25, 0.3) is 0 Å². The summed E-state index contributed by atoms with van der Waals surface area (Å²) in [5, 5.41) is 0. The molecule has 0 atom stereocenters. The first-order valence-electron chi connectivity index (χ1n) is 11.6. The van der Waals surface area contributed by atoms with Crippen molar-refractivity contribution in [2.75, 3.05) is 7.11 Å². The number of pyridine rings is 1. The SMILES string of the molecule is COc1ccccc1-c1cnc2nc(-c3cc(OCc4ccccc4)cc(OC(C)C)c3)[nH]c2c1. The van der Waals surface area contributed by atoms with Crippen LogP contribution in [0.4, 0.5) is 0 Å². The Labute approximate surface area is 204 Å². The summed E-state index contributed by atoms with van der Waals surface area (Å²) in [6.45, 7) is 4.47. The van der Waals surface area contributed by atoms with Gasteiger partial charge in [0.1, 0.15) is 29.7 Å². The van der Waals surface area contributed by atoms with Gasteiger partial charge in [-0.05, 0) is 43.7 Å². The van der Waals surface area contributed by atoms with E-state index in [4.69, 9.17) is 19.2 Å². The number of nitrogens with one attached hydrogen (secondary N) is 1. The van der Waals surface area contributed by atoms with Crippen molar-refractivity contribution < 1.29 is 14.2 Å². The molecule has 6 heteroatoms. The third kappa shape index (κ3) is 5.11. The maximum Gasteiger partial charge on any atom is 0.178 e. The average molecular weight is 466 g/mol. The number of fused-ring (bicyclic) bond motifs is 1. The minimum absolute atomic E-state index is 0.0352. The zero-order chi connectivity index (χ0) is 24.2. The molecular formula is C29H27N3O3. The van der Waals surface area contributed by atoms with Gasteiger partial charge in [-0.15, -0.1) is 0 Å². The summed E-state index contributed by atoms with van der Waals surface area (Å²) in [5.41, 5.74) is 5.37. The van der Waals surface area contributed by atoms with Crippen LogP contribution in [0.1, 0.15) is 19.4 Å². The van der Waals surface area contributed by atoms with Crippen LogP contribution in [0.5, 0.6) is 17.2 Å². The summed E-state index contributed by atoms with van der Waals surface area (Å²) in [7, 11) is 1.67. The molecule has 0 unspecified atom stereocenters. The number of rotatable bonds is 8. The number of hydrogen-bond donors (Lipinski definition) is 1. The van der Waals surface area contributed by atoms with Crippen molar-refractivity contribution in [3.63, 3.8) is 0 Å². The minimum Gasteiger partial charge on any atom is -0.496 e. The van der Waals surface area contributed by atoms with Crippen LogP contribution in [-0.4, -0.2) is 28.2 Å². The summed E-state index contributed by atoms with van der Waals surface area (Å²) in [5.74, 6) is 2.93. The number of nitrogens with zero attached hydrogens (tertiary/aromatic N) is 2. The zero-order valence-electron chi connectivity index (χ0n) is 20.0. The molecule has 2 aromatic heterocycles. The number of methoxy groups -OCH3 is 1. The zero-order valence-corrected chi connectivity index (χ0v) is 20.0. The van der Waals surface area contributed by atoms with E-state index in [0.717, 1.165) is 39.3 Å². The molecule has 0 amide bonds. The maximum atomic E-state index is 6.10. The number of aromatic nitrogens is 3. The highest BCUT2D eigenvalue weighted by atomic mass is 16.5. The van der Waals surface area contributed by atoms with E-state index in [1.807, 2.05) is 98.9 Å². The lowest BCUT2D eigenvalue weighted by Gasteiger charge is -2.14. The molecule has 176 valence electrons. The fourth-order valence-electron chi connectivity index (χ4n) is 3.94. The van der Waals surface area contributed by atoms with Crippen LogP contribution >= 0.6 is 0 Å². The molecule has 2 heterocycles. The molecular weight excluding hydrogens is 438 g/mol. The molecule has 0 spiro atoms. The van der Waals surface area contributed by atoms with Gasteiger partial charge in [-0.2, -0.15) is 0 Å². The van der Waals surface area contributed by atoms with E-state index < -0.39 is 0 Å². The predicted molar refractivity (Wildman–Crippen MR) is 138 cm³/mol. The van der Waals surface area contributed by atoms with Crippen molar-refractivity contribution in [1.82, 2.24) is 15.0 Å². The first-order valence-corrected chi connectivity index (χ1v) is 11.6. The normalized spacial score (nSPS) is 11.1. The van der Waals surface area contributed by atoms with Gasteiger partial charge in [0.15, 0.2) is 5.65 Å². The van der Waals surface area contributed by atoms with E-state index in [1.54, 1.807) is 7.11 Å². The van der Waals surface area contributed by atoms with Gasteiger partial charge in [-0.25, -0.2) is 9.97 Å². The van der Waals surface area contributed by atoms with Gasteiger partial charge in [0.2, 0.25) is 0 Å². The summed E-state index contributed by atoms with van der Waals surface area (Å²) >= 11 is 0. The van der Waals surface area contributed by atoms with Crippen LogP contribution < -0.4 is 14.2 Å². The van der Waals surface area contributed by atoms with Gasteiger partial charge in [-0.3, -0.25) is 0 Å². The molecule has 5 rings (SSSR count). The lowest BCUT2D eigenvalue weighted by atomic mass is 10.1. The van der Waals surface area contributed by atoms with Crippen LogP contribution in [-0.2, 0) is 6.61 Å². The number of para-hydroxylation sites is 1. The quantitative estimate of drug-likeness (QED) is 0.277. The molecule has 0 saturated carbocycles. The third-order valence-corrected chi connectivity index (χ3v) is 5.53. The number of imidazole rings is 1. The molecule has 5 aromatic rings. The molecule has 0 radical (unpaired) electrons. The van der Waals surface area contributed by atoms with Crippen molar-refractivity contribution in [1.29, 1.82) is 0 Å². The highest BCUT2D eigenvalue weighted by molar-refractivity contribution is 5.82. The Kier molecular flexibility index (Phi) is 6.35. The van der Waals surface area contributed by atoms with Crippen molar-refractivity contribution in [2.45, 2.75) is 26.6 Å². The van der Waals surface area contributed by atoms with Crippen molar-refractivity contribution in [3.05, 3.63) is 90.6 Å². The molecule has 0 bridgehead atoms. The standard InChI is InChI=1S/C29H27N3O3/c1-19(2)35-24-14-21(13-23(16-24)34-18-20-9-5-4-6-10-20)28-31-26-15-22(17-30-29(26)32-28)25-11-7-8-12-27(25)33-3/h4-17,19H,18H2,1-3H3,(H,30,31,32). The maximum absolute atomic E-state index is 6.10. The molecule has 35 heavy (non-hydrogen) atoms. The van der Waals surface area contributed by atoms with Crippen LogP contribution in [0.15, 0.2) is 85.1 Å². The monoisotopic (exact) mass is 465 g/mol. The Balaban J connectivity index is 1.49. The molecule has 6 nitrogen and oxygen atoms in total. The number of aromatic amines is 1. The molecule has 0 fully saturated rings. The second-order valence-electron chi connectivity index (χ2n) is 8.51. The number of benzene rings is 3. The van der Waals surface area contributed by atoms with E-state index in [-0.39, 0.29) is 6.10 Å². The van der Waals surface area contributed by atoms with E-state index >= 15 is 0 Å². The van der Waals surface area contributed by atoms with Gasteiger partial charge in [0, 0.05) is 29.0 Å². The summed E-state index contributed by atoms with van der Waals surface area (Å²) < 4.78 is 17.6. The second kappa shape index (κ2) is 9.89. The molecule has 3 aromatic carbocycles. The number of hydrogen-bond acceptors (Lipinski definition) is 5. The molecule has 0 aliphatic carbocycles. The highest BCUT2D eigenvalue weighted by Gasteiger charge is 2.13. The third-order valence-electron chi connectivity index (χ3n) is 5.53. The van der Waals surface area contributed by atoms with Crippen LogP contribution in [0.2, 0.25) is 0 Å². The largest absolute Gasteiger partial charge is 0.496 e. The lowest BCUT2D eigenvalue weighted by Crippen LogP contribution is -2.06. The number of H-pyrrole nitrogens is 1. The Hall–Kier alpha value is -4.32. The van der Waals surface area contributed by atoms with Crippen molar-refractivity contribution in [3.8, 4) is 39.8 Å². The minimum atomic E-state index is 0.0352. The fraction of sp³-hybridized carbons (Fsp3) is 0.172. The van der Waals surface area contributed by atoms with Crippen LogP contribution in [0.25, 0.3) is 33.7 Å². The van der Waals surface area contributed by atoms with Crippen LogP contribution in [0.3, 0.4) is 0 Å². The van der Waals surface area contributed by atoms with Crippen molar-refractivity contribution >= 4 is 11.2 Å². The predicted octanol–water partition coefficient (Wildman–Crippen LogP) is 6.67. The van der Waals surface area contributed by atoms with Gasteiger partial charge < -0.3 is 19.2 Å². The summed E-state index contributed by atoms with van der Waals surface area (Å²) in [6.07, 6.45) is 1.85. The molecule has 0 aliphatic heterocycles. The average Bonchev–Trinajstić information content (AvgIpc) is 3.31. The molecule has 0 aliphatic rings. The highest BCUT2D eigenvalue weighted by Crippen LogP contribution is 2.33. The van der Waals surface area contributed by atoms with Gasteiger partial charge in [-0.1, -0.05) is 48.5 Å². The van der Waals surface area contributed by atoms with Crippen LogP contribution in [0, 0.1) is 0 Å². The fourth-order valence-corrected chi connectivity index (χ4v) is 3.94. The Morgan fingerprint density at radius 3 is 2.43 bits per heavy atom. The Bertz CT molecular complexity index is 1440. The summed E-state index contributed by atoms with van der Waals surface area (Å²) in [4.78, 5) is 12.7. The molecule has 0 saturated heterocycles. The van der Waals surface area contributed by atoms with E-state index in [1.165, 1.54) is 0 Å². The van der Waals surface area contributed by atoms with E-state index in [9.17, 15) is 0 Å². The number of ether oxygens (including phenoxy) is 3. The van der Waals surface area contributed by atoms with Gasteiger partial charge in [0.05, 0.1) is 18.7 Å². The lowest BCUT2D eigenvalue weighted by molar-refractivity contribution is 0.239. The topological polar surface area (TPSA) is 69.3 Å². The van der Waals surface area contributed by atoms with Gasteiger partial charge >= 0.3 is 0 Å². The second-order valence-corrected chi connectivity index (χ2v) is 8.51. The Morgan fingerprint density at radius 1 is 0.857 bits per heavy atom. The summed E-state index contributed by atoms with van der Waals surface area (Å²) in [6, 6.07) is 25.9.